The van der Waals surface area contributed by atoms with Crippen molar-refractivity contribution in [1.29, 1.82) is 0 Å². The fraction of sp³-hybridized carbons (Fsp3) is 0.400. The molecule has 0 aliphatic heterocycles. The Kier molecular flexibility index (Phi) is 10.5. The molecule has 0 N–H and O–H groups in total. The molecular weight excluding hydrogens is 207 g/mol. The average Bonchev–Trinajstić information content (AvgIpc) is 2.36. The van der Waals surface area contributed by atoms with E-state index in [-0.39, 0.29) is 64.6 Å². The van der Waals surface area contributed by atoms with Crippen molar-refractivity contribution in [2.24, 2.45) is 0 Å². The van der Waals surface area contributed by atoms with Crippen molar-refractivity contribution >= 4 is 17.1 Å². The van der Waals surface area contributed by atoms with Crippen LogP contribution >= 0.6 is 11.3 Å². The van der Waals surface area contributed by atoms with E-state index < -0.39 is 0 Å². The molecule has 0 saturated heterocycles. The van der Waals surface area contributed by atoms with Crippen LogP contribution in [0.1, 0.15) is 34.3 Å². The van der Waals surface area contributed by atoms with Crippen molar-refractivity contribution in [2.45, 2.75) is 26.7 Å². The summed E-state index contributed by atoms with van der Waals surface area (Å²) in [6.45, 7) is 4.05. The van der Waals surface area contributed by atoms with E-state index in [2.05, 4.69) is 0 Å². The number of aryl methyl sites for hydroxylation is 1. The zero-order valence-electron chi connectivity index (χ0n) is 8.89. The van der Waals surface area contributed by atoms with Crippen molar-refractivity contribution in [3.8, 4) is 0 Å². The maximum absolute atomic E-state index is 11.3. The standard InChI is InChI=1S/C9H12OS.CH3.K/c1-3-4-8(10)9-6-5-7(2)11-9;;/h5-6H,3-4H2,1-2H3;1H3;/q;-1;+1. The van der Waals surface area contributed by atoms with Crippen molar-refractivity contribution < 1.29 is 56.2 Å². The van der Waals surface area contributed by atoms with E-state index in [1.54, 1.807) is 11.3 Å². The smallest absolute Gasteiger partial charge is 0.358 e. The summed E-state index contributed by atoms with van der Waals surface area (Å²) in [4.78, 5) is 13.4. The number of ketones is 1. The van der Waals surface area contributed by atoms with Gasteiger partial charge in [-0.2, -0.15) is 0 Å². The Morgan fingerprint density at radius 2 is 2.08 bits per heavy atom. The molecule has 3 heteroatoms. The summed E-state index contributed by atoms with van der Waals surface area (Å²) in [6.07, 6.45) is 1.62. The Bertz CT molecular complexity index is 255. The largest absolute Gasteiger partial charge is 1.00 e. The second-order valence-electron chi connectivity index (χ2n) is 2.58. The fourth-order valence-electron chi connectivity index (χ4n) is 0.935. The number of hydrogen-bond acceptors (Lipinski definition) is 2. The van der Waals surface area contributed by atoms with Gasteiger partial charge in [0.05, 0.1) is 4.88 Å². The van der Waals surface area contributed by atoms with Gasteiger partial charge in [0.2, 0.25) is 0 Å². The molecule has 68 valence electrons. The maximum atomic E-state index is 11.3. The van der Waals surface area contributed by atoms with E-state index in [1.165, 1.54) is 4.88 Å². The third-order valence-corrected chi connectivity index (χ3v) is 2.53. The molecule has 0 aliphatic rings. The van der Waals surface area contributed by atoms with E-state index in [9.17, 15) is 4.79 Å². The molecule has 0 fully saturated rings. The molecule has 0 bridgehead atoms. The Morgan fingerprint density at radius 1 is 1.46 bits per heavy atom. The first-order valence-corrected chi connectivity index (χ1v) is 4.65. The van der Waals surface area contributed by atoms with Crippen molar-refractivity contribution in [2.75, 3.05) is 0 Å². The van der Waals surface area contributed by atoms with Gasteiger partial charge in [0.15, 0.2) is 5.78 Å². The summed E-state index contributed by atoms with van der Waals surface area (Å²) in [5, 5.41) is 0. The van der Waals surface area contributed by atoms with Crippen molar-refractivity contribution in [3.05, 3.63) is 29.3 Å². The van der Waals surface area contributed by atoms with Crippen LogP contribution in [0.25, 0.3) is 0 Å². The van der Waals surface area contributed by atoms with E-state index in [4.69, 9.17) is 0 Å². The first-order valence-electron chi connectivity index (χ1n) is 3.83. The van der Waals surface area contributed by atoms with Crippen molar-refractivity contribution in [1.82, 2.24) is 0 Å². The molecule has 0 aromatic carbocycles. The minimum Gasteiger partial charge on any atom is -0.358 e. The first-order chi connectivity index (χ1) is 5.24. The second-order valence-corrected chi connectivity index (χ2v) is 3.87. The SMILES string of the molecule is CCCC(=O)c1ccc(C)s1.[CH3-].[K+]. The van der Waals surface area contributed by atoms with Crippen LogP contribution in [0.3, 0.4) is 0 Å². The van der Waals surface area contributed by atoms with Crippen molar-refractivity contribution in [3.63, 3.8) is 0 Å². The molecule has 1 aromatic heterocycles. The van der Waals surface area contributed by atoms with Crippen LogP contribution in [-0.2, 0) is 0 Å². The fourth-order valence-corrected chi connectivity index (χ4v) is 1.77. The number of carbonyl (C=O) groups excluding carboxylic acids is 1. The van der Waals surface area contributed by atoms with Crippen LogP contribution in [-0.4, -0.2) is 5.78 Å². The topological polar surface area (TPSA) is 17.1 Å². The number of Topliss-reactive ketones (excluding diaryl/α,β-unsaturated/α-hetero) is 1. The summed E-state index contributed by atoms with van der Waals surface area (Å²) in [5.74, 6) is 0.283. The van der Waals surface area contributed by atoms with Gasteiger partial charge in [0, 0.05) is 11.3 Å². The van der Waals surface area contributed by atoms with Gasteiger partial charge < -0.3 is 7.43 Å². The van der Waals surface area contributed by atoms with E-state index >= 15 is 0 Å². The van der Waals surface area contributed by atoms with Crippen LogP contribution in [0.15, 0.2) is 12.1 Å². The Balaban J connectivity index is 0. The summed E-state index contributed by atoms with van der Waals surface area (Å²) in [7, 11) is 0. The molecular formula is C10H15KOS. The van der Waals surface area contributed by atoms with Crippen LogP contribution in [0.2, 0.25) is 0 Å². The number of thiophene rings is 1. The summed E-state index contributed by atoms with van der Waals surface area (Å²) >= 11 is 1.59. The molecule has 1 aromatic rings. The average molecular weight is 222 g/mol. The summed E-state index contributed by atoms with van der Waals surface area (Å²) in [6, 6.07) is 3.91. The van der Waals surface area contributed by atoms with E-state index in [0.717, 1.165) is 11.3 Å². The molecule has 13 heavy (non-hydrogen) atoms. The number of carbonyl (C=O) groups is 1. The number of rotatable bonds is 3. The summed E-state index contributed by atoms with van der Waals surface area (Å²) in [5.41, 5.74) is 0. The molecule has 0 amide bonds. The van der Waals surface area contributed by atoms with Crippen LogP contribution in [0, 0.1) is 14.4 Å². The van der Waals surface area contributed by atoms with Gasteiger partial charge in [0.25, 0.3) is 0 Å². The van der Waals surface area contributed by atoms with Gasteiger partial charge in [-0.15, -0.1) is 11.3 Å². The minimum atomic E-state index is 0. The molecule has 1 rings (SSSR count). The molecule has 0 saturated carbocycles. The Hall–Kier alpha value is 1.01. The molecule has 0 unspecified atom stereocenters. The predicted octanol–water partition coefficient (Wildman–Crippen LogP) is 0.494. The van der Waals surface area contributed by atoms with E-state index in [0.29, 0.717) is 6.42 Å². The molecule has 0 spiro atoms. The molecule has 1 heterocycles. The third-order valence-electron chi connectivity index (χ3n) is 1.49. The molecule has 1 nitrogen and oxygen atoms in total. The predicted molar refractivity (Wildman–Crippen MR) is 54.7 cm³/mol. The monoisotopic (exact) mass is 222 g/mol. The van der Waals surface area contributed by atoms with Gasteiger partial charge in [0.1, 0.15) is 0 Å². The Labute approximate surface area is 127 Å². The normalized spacial score (nSPS) is 8.46. The van der Waals surface area contributed by atoms with Gasteiger partial charge in [-0.3, -0.25) is 4.79 Å². The third kappa shape index (κ3) is 5.45. The number of hydrogen-bond donors (Lipinski definition) is 0. The maximum Gasteiger partial charge on any atom is 1.00 e. The minimum absolute atomic E-state index is 0. The Morgan fingerprint density at radius 3 is 2.46 bits per heavy atom. The molecule has 0 atom stereocenters. The van der Waals surface area contributed by atoms with Crippen LogP contribution in [0.5, 0.6) is 0 Å². The van der Waals surface area contributed by atoms with Gasteiger partial charge in [-0.1, -0.05) is 6.92 Å². The van der Waals surface area contributed by atoms with Crippen LogP contribution < -0.4 is 51.4 Å². The quantitative estimate of drug-likeness (QED) is 0.413. The zero-order chi connectivity index (χ0) is 8.27. The van der Waals surface area contributed by atoms with Gasteiger partial charge in [-0.05, 0) is 25.5 Å². The van der Waals surface area contributed by atoms with Gasteiger partial charge >= 0.3 is 51.4 Å². The van der Waals surface area contributed by atoms with E-state index in [1.807, 2.05) is 26.0 Å². The van der Waals surface area contributed by atoms with Crippen LogP contribution in [0.4, 0.5) is 0 Å². The summed E-state index contributed by atoms with van der Waals surface area (Å²) < 4.78 is 0. The second kappa shape index (κ2) is 8.33. The first kappa shape index (κ1) is 16.4. The zero-order valence-corrected chi connectivity index (χ0v) is 12.8. The van der Waals surface area contributed by atoms with Gasteiger partial charge in [-0.25, -0.2) is 0 Å². The molecule has 0 radical (unpaired) electrons. The molecule has 0 aliphatic carbocycles.